The van der Waals surface area contributed by atoms with Gasteiger partial charge in [-0.15, -0.1) is 0 Å². The van der Waals surface area contributed by atoms with Gasteiger partial charge in [0.25, 0.3) is 0 Å². The van der Waals surface area contributed by atoms with E-state index in [1.54, 1.807) is 12.1 Å². The summed E-state index contributed by atoms with van der Waals surface area (Å²) in [7, 11) is -2.28. The molecule has 0 unspecified atom stereocenters. The van der Waals surface area contributed by atoms with Crippen molar-refractivity contribution in [1.82, 2.24) is 10.6 Å². The van der Waals surface area contributed by atoms with Crippen molar-refractivity contribution in [1.29, 1.82) is 0 Å². The van der Waals surface area contributed by atoms with Gasteiger partial charge in [-0.2, -0.15) is 13.2 Å². The highest BCUT2D eigenvalue weighted by atomic mass is 32.2. The van der Waals surface area contributed by atoms with Crippen molar-refractivity contribution in [2.45, 2.75) is 81.2 Å². The lowest BCUT2D eigenvalue weighted by atomic mass is 9.88. The summed E-state index contributed by atoms with van der Waals surface area (Å²) in [6.45, 7) is 4.01. The highest BCUT2D eigenvalue weighted by molar-refractivity contribution is 7.91. The molecule has 2 aromatic rings. The summed E-state index contributed by atoms with van der Waals surface area (Å²) in [4.78, 5) is 31.7. The van der Waals surface area contributed by atoms with E-state index in [2.05, 4.69) is 17.6 Å². The van der Waals surface area contributed by atoms with Crippen molar-refractivity contribution in [2.75, 3.05) is 12.9 Å². The summed E-state index contributed by atoms with van der Waals surface area (Å²) < 4.78 is 65.1. The number of sulfone groups is 1. The molecule has 1 aliphatic rings. The molecule has 5 N–H and O–H groups in total. The van der Waals surface area contributed by atoms with E-state index in [0.29, 0.717) is 29.7 Å². The van der Waals surface area contributed by atoms with Crippen LogP contribution in [-0.4, -0.2) is 72.3 Å². The van der Waals surface area contributed by atoms with Crippen LogP contribution in [0.1, 0.15) is 68.7 Å². The second-order valence-corrected chi connectivity index (χ2v) is 12.3. The number of ether oxygens (including phenoxy) is 1. The summed E-state index contributed by atoms with van der Waals surface area (Å²) in [5.74, 6) is -4.99. The third-order valence-corrected chi connectivity index (χ3v) is 9.21. The van der Waals surface area contributed by atoms with Crippen molar-refractivity contribution in [2.24, 2.45) is 0 Å². The minimum absolute atomic E-state index is 0.0667. The Bertz CT molecular complexity index is 1420. The van der Waals surface area contributed by atoms with E-state index in [1.165, 1.54) is 7.11 Å². The van der Waals surface area contributed by atoms with E-state index in [1.807, 2.05) is 37.3 Å². The number of hydrogen-bond acceptors (Lipinski definition) is 8. The Labute approximate surface area is 253 Å². The maximum Gasteiger partial charge on any atom is 0.490 e. The van der Waals surface area contributed by atoms with Crippen molar-refractivity contribution >= 4 is 27.7 Å². The SMILES string of the molecule is CCCC[C@]1(CC)CS(=O)(=O)c2cc(CN[C@H](CC(=O)O)C(=O)O)c(OC)cc2[C@@H](c2ccccc2)N1.O=C(O)C(F)(F)F. The lowest BCUT2D eigenvalue weighted by Gasteiger charge is -2.36. The zero-order valence-electron chi connectivity index (χ0n) is 24.5. The van der Waals surface area contributed by atoms with E-state index in [-0.39, 0.29) is 17.2 Å². The quantitative estimate of drug-likeness (QED) is 0.224. The highest BCUT2D eigenvalue weighted by Gasteiger charge is 2.42. The predicted octanol–water partition coefficient (Wildman–Crippen LogP) is 4.15. The topological polar surface area (TPSA) is 179 Å². The first-order valence-electron chi connectivity index (χ1n) is 13.7. The molecule has 0 saturated carbocycles. The Hall–Kier alpha value is -3.69. The molecule has 0 amide bonds. The minimum atomic E-state index is -5.08. The highest BCUT2D eigenvalue weighted by Crippen LogP contribution is 2.40. The number of nitrogens with one attached hydrogen (secondary N) is 2. The monoisotopic (exact) mass is 646 g/mol. The van der Waals surface area contributed by atoms with E-state index >= 15 is 0 Å². The van der Waals surface area contributed by atoms with Crippen molar-refractivity contribution in [3.63, 3.8) is 0 Å². The predicted molar refractivity (Wildman–Crippen MR) is 153 cm³/mol. The Balaban J connectivity index is 0.000000860. The van der Waals surface area contributed by atoms with Crippen LogP contribution in [-0.2, 0) is 30.8 Å². The smallest absolute Gasteiger partial charge is 0.490 e. The Morgan fingerprint density at radius 2 is 1.73 bits per heavy atom. The molecule has 1 heterocycles. The van der Waals surface area contributed by atoms with Crippen LogP contribution in [0, 0.1) is 0 Å². The number of carboxylic acid groups (broad SMARTS) is 3. The molecule has 0 fully saturated rings. The van der Waals surface area contributed by atoms with Crippen LogP contribution >= 0.6 is 0 Å². The number of rotatable bonds is 12. The molecule has 0 aliphatic carbocycles. The Morgan fingerprint density at radius 3 is 2.20 bits per heavy atom. The summed E-state index contributed by atoms with van der Waals surface area (Å²) in [5.41, 5.74) is 1.30. The van der Waals surface area contributed by atoms with Crippen molar-refractivity contribution < 1.29 is 56.0 Å². The van der Waals surface area contributed by atoms with E-state index < -0.39 is 58.0 Å². The van der Waals surface area contributed by atoms with Gasteiger partial charge in [0.05, 0.1) is 30.2 Å². The summed E-state index contributed by atoms with van der Waals surface area (Å²) in [6.07, 6.45) is -2.54. The molecule has 2 aromatic carbocycles. The standard InChI is InChI=1S/C27H36N2O7S.C2HF3O2/c1-4-6-12-27(5-2)17-37(34,35)23-13-19(16-28-21(26(32)33)15-24(30)31)22(36-3)14-20(23)25(29-27)18-10-8-7-9-11-18;3-2(4,5)1(6)7/h7-11,13-14,21,25,28-29H,4-6,12,15-17H2,1-3H3,(H,30,31)(H,32,33);(H,6,7)/t21-,25-,27-;/m1./s1. The Morgan fingerprint density at radius 1 is 1.11 bits per heavy atom. The maximum absolute atomic E-state index is 13.9. The number of methoxy groups -OCH3 is 1. The molecule has 0 saturated heterocycles. The summed E-state index contributed by atoms with van der Waals surface area (Å²) >= 11 is 0. The summed E-state index contributed by atoms with van der Waals surface area (Å²) in [6, 6.07) is 11.2. The fraction of sp³-hybridized carbons (Fsp3) is 0.483. The van der Waals surface area contributed by atoms with Gasteiger partial charge in [-0.25, -0.2) is 13.2 Å². The van der Waals surface area contributed by atoms with Crippen molar-refractivity contribution in [3.8, 4) is 5.75 Å². The van der Waals surface area contributed by atoms with Gasteiger partial charge in [0.1, 0.15) is 11.8 Å². The lowest BCUT2D eigenvalue weighted by molar-refractivity contribution is -0.192. The molecule has 0 radical (unpaired) electrons. The number of hydrogen-bond donors (Lipinski definition) is 5. The number of benzene rings is 2. The van der Waals surface area contributed by atoms with E-state index in [9.17, 15) is 36.3 Å². The zero-order chi connectivity index (χ0) is 33.3. The van der Waals surface area contributed by atoms with Crippen LogP contribution in [0.15, 0.2) is 47.4 Å². The number of halogens is 3. The molecular formula is C29H37F3N2O9S. The van der Waals surface area contributed by atoms with Gasteiger partial charge in [-0.1, -0.05) is 57.0 Å². The van der Waals surface area contributed by atoms with E-state index in [0.717, 1.165) is 18.4 Å². The van der Waals surface area contributed by atoms with Crippen LogP contribution < -0.4 is 15.4 Å². The molecule has 3 rings (SSSR count). The molecule has 0 bridgehead atoms. The molecule has 1 aliphatic heterocycles. The first-order valence-corrected chi connectivity index (χ1v) is 15.4. The number of unbranched alkanes of at least 4 members (excludes halogenated alkanes) is 1. The van der Waals surface area contributed by atoms with Gasteiger partial charge >= 0.3 is 24.1 Å². The molecule has 15 heteroatoms. The Kier molecular flexibility index (Phi) is 12.7. The van der Waals surface area contributed by atoms with Gasteiger partial charge in [0.2, 0.25) is 0 Å². The second kappa shape index (κ2) is 15.3. The van der Waals surface area contributed by atoms with Crippen LogP contribution in [0.5, 0.6) is 5.75 Å². The van der Waals surface area contributed by atoms with Gasteiger partial charge in [-0.3, -0.25) is 20.2 Å². The molecule has 0 aromatic heterocycles. The molecule has 244 valence electrons. The van der Waals surface area contributed by atoms with Crippen molar-refractivity contribution in [3.05, 3.63) is 59.2 Å². The molecule has 44 heavy (non-hydrogen) atoms. The van der Waals surface area contributed by atoms with Gasteiger partial charge in [0, 0.05) is 17.6 Å². The van der Waals surface area contributed by atoms with Crippen LogP contribution in [0.4, 0.5) is 13.2 Å². The second-order valence-electron chi connectivity index (χ2n) is 10.4. The average Bonchev–Trinajstić information content (AvgIpc) is 3.05. The molecule has 3 atom stereocenters. The first kappa shape index (κ1) is 36.5. The summed E-state index contributed by atoms with van der Waals surface area (Å²) in [5, 5.41) is 32.0. The number of aliphatic carboxylic acids is 3. The average molecular weight is 647 g/mol. The maximum atomic E-state index is 13.9. The third-order valence-electron chi connectivity index (χ3n) is 7.25. The van der Waals surface area contributed by atoms with E-state index in [4.69, 9.17) is 19.7 Å². The normalized spacial score (nSPS) is 19.8. The third kappa shape index (κ3) is 9.66. The number of fused-ring (bicyclic) bond motifs is 1. The number of alkyl halides is 3. The lowest BCUT2D eigenvalue weighted by Crippen LogP contribution is -2.50. The molecule has 0 spiro atoms. The zero-order valence-corrected chi connectivity index (χ0v) is 25.3. The number of carbonyl (C=O) groups is 3. The van der Waals surface area contributed by atoms with Crippen LogP contribution in [0.3, 0.4) is 0 Å². The molecule has 11 nitrogen and oxygen atoms in total. The number of carboxylic acids is 3. The minimum Gasteiger partial charge on any atom is -0.496 e. The van der Waals surface area contributed by atoms with Crippen LogP contribution in [0.25, 0.3) is 0 Å². The molecular weight excluding hydrogens is 609 g/mol. The van der Waals surface area contributed by atoms with Gasteiger partial charge in [-0.05, 0) is 36.1 Å². The fourth-order valence-corrected chi connectivity index (χ4v) is 7.08. The van der Waals surface area contributed by atoms with Crippen LogP contribution in [0.2, 0.25) is 0 Å². The van der Waals surface area contributed by atoms with Gasteiger partial charge in [0.15, 0.2) is 9.84 Å². The largest absolute Gasteiger partial charge is 0.496 e. The first-order chi connectivity index (χ1) is 20.5. The fourth-order valence-electron chi connectivity index (χ4n) is 4.91. The van der Waals surface area contributed by atoms with Gasteiger partial charge < -0.3 is 20.1 Å².